The highest BCUT2D eigenvalue weighted by atomic mass is 16.8. The molecule has 0 spiro atoms. The van der Waals surface area contributed by atoms with Gasteiger partial charge >= 0.3 is 65.7 Å². The predicted octanol–water partition coefficient (Wildman–Crippen LogP) is 11.2. The van der Waals surface area contributed by atoms with Crippen molar-refractivity contribution in [3.63, 3.8) is 0 Å². The van der Waals surface area contributed by atoms with Gasteiger partial charge in [0.2, 0.25) is 0 Å². The second-order valence-electron chi connectivity index (χ2n) is 30.9. The van der Waals surface area contributed by atoms with Gasteiger partial charge in [0.1, 0.15) is 18.3 Å². The molecule has 0 saturated carbocycles. The molecule has 6 saturated heterocycles. The Balaban J connectivity index is 1.54. The van der Waals surface area contributed by atoms with Gasteiger partial charge in [-0.05, 0) is 66.7 Å². The molecule has 0 aromatic rings. The molecule has 6 aliphatic heterocycles. The van der Waals surface area contributed by atoms with Crippen molar-refractivity contribution in [2.75, 3.05) is 0 Å². The minimum atomic E-state index is -1.96. The lowest BCUT2D eigenvalue weighted by molar-refractivity contribution is -0.399. The van der Waals surface area contributed by atoms with E-state index in [-0.39, 0.29) is 19.3 Å². The maximum atomic E-state index is 15.0. The van der Waals surface area contributed by atoms with Crippen LogP contribution < -0.4 is 0 Å². The number of fused-ring (bicyclic) bond motifs is 2. The fourth-order valence-corrected chi connectivity index (χ4v) is 15.5. The van der Waals surface area contributed by atoms with E-state index in [1.54, 1.807) is 6.92 Å². The van der Waals surface area contributed by atoms with Gasteiger partial charge in [-0.2, -0.15) is 0 Å². The van der Waals surface area contributed by atoms with E-state index in [2.05, 4.69) is 13.8 Å². The summed E-state index contributed by atoms with van der Waals surface area (Å²) in [7, 11) is 0. The normalized spacial score (nSPS) is 33.8. The third-order valence-electron chi connectivity index (χ3n) is 20.9. The first-order valence-electron chi connectivity index (χ1n) is 41.8. The standard InChI is InChI=1S/C82H132O32/c1-17-20-23-25-26-27-30-34-39-43-60(91)108-65-48(6)96-79(74(106-58(16)90)70(65)103-55(13)87)112-67-50(8)97-81(76(110-62(93)44-38-32-24-21-18-2)72(67)113-80-73(105-57(15)89)68(101-53(11)85)63(47(5)95-80)99-51(9)83)111-66-49(7)98-82-75(71(66)104-56(14)88)109-61(92)45-40-35-31-28-29-33-37-42-59(41-36-22-19-3)107-78-77(114-82)69(102-54(12)86)64(46(4)94-78)100-52(10)84/h46-50,59,63-82H,17-45H2,1-16H3/t46-,47+,48+,49+,50+,59+,63+,64+,65+,66+,67+,68-,69+,70-,71-,72-,73-,74-,75-,76-,77-,78+,79+,80+,81+,82+/m1/s1. The zero-order chi connectivity index (χ0) is 83.7. The summed E-state index contributed by atoms with van der Waals surface area (Å²) in [5, 5.41) is 0. The summed E-state index contributed by atoms with van der Waals surface area (Å²) in [6, 6.07) is 0. The molecule has 6 heterocycles. The first-order valence-corrected chi connectivity index (χ1v) is 41.8. The molecule has 0 N–H and O–H groups in total. The van der Waals surface area contributed by atoms with Gasteiger partial charge < -0.3 is 99.5 Å². The van der Waals surface area contributed by atoms with Crippen LogP contribution in [-0.4, -0.2) is 225 Å². The lowest BCUT2D eigenvalue weighted by Crippen LogP contribution is -2.69. The smallest absolute Gasteiger partial charge is 0.306 e. The molecule has 0 aromatic carbocycles. The van der Waals surface area contributed by atoms with E-state index in [0.29, 0.717) is 44.9 Å². The highest BCUT2D eigenvalue weighted by Crippen LogP contribution is 2.42. The van der Waals surface area contributed by atoms with E-state index in [1.165, 1.54) is 41.0 Å². The minimum Gasteiger partial charge on any atom is -0.456 e. The Morgan fingerprint density at radius 3 is 1.06 bits per heavy atom. The van der Waals surface area contributed by atoms with Gasteiger partial charge in [0, 0.05) is 74.7 Å². The monoisotopic (exact) mass is 1630 g/mol. The van der Waals surface area contributed by atoms with Crippen LogP contribution in [-0.2, 0) is 152 Å². The highest BCUT2D eigenvalue weighted by molar-refractivity contribution is 5.72. The number of unbranched alkanes of at least 4 members (excludes halogenated alkanes) is 14. The molecule has 26 atom stereocenters. The van der Waals surface area contributed by atoms with Crippen LogP contribution in [0.5, 0.6) is 0 Å². The first-order chi connectivity index (χ1) is 54.3. The summed E-state index contributed by atoms with van der Waals surface area (Å²) >= 11 is 0. The highest BCUT2D eigenvalue weighted by Gasteiger charge is 2.62. The fraction of sp³-hybridized carbons (Fsp3) is 0.866. The number of esters is 11. The average Bonchev–Trinajstić information content (AvgIpc) is 0.760. The summed E-state index contributed by atoms with van der Waals surface area (Å²) in [6.45, 7) is 22.7. The largest absolute Gasteiger partial charge is 0.456 e. The van der Waals surface area contributed by atoms with Crippen LogP contribution in [0.3, 0.4) is 0 Å². The second kappa shape index (κ2) is 49.9. The van der Waals surface area contributed by atoms with Crippen LogP contribution in [0.1, 0.15) is 297 Å². The Hall–Kier alpha value is -6.23. The van der Waals surface area contributed by atoms with E-state index in [9.17, 15) is 52.7 Å². The summed E-state index contributed by atoms with van der Waals surface area (Å²) < 4.78 is 135. The summed E-state index contributed by atoms with van der Waals surface area (Å²) in [5.41, 5.74) is 0. The van der Waals surface area contributed by atoms with E-state index in [4.69, 9.17) is 99.5 Å². The van der Waals surface area contributed by atoms with Crippen molar-refractivity contribution in [3.05, 3.63) is 0 Å². The molecule has 0 amide bonds. The van der Waals surface area contributed by atoms with Gasteiger partial charge in [0.05, 0.1) is 36.6 Å². The molecule has 6 rings (SSSR count). The zero-order valence-electron chi connectivity index (χ0n) is 70.1. The lowest BCUT2D eigenvalue weighted by atomic mass is 9.94. The van der Waals surface area contributed by atoms with E-state index in [1.807, 2.05) is 6.92 Å². The van der Waals surface area contributed by atoms with Crippen molar-refractivity contribution in [1.82, 2.24) is 0 Å². The molecule has 114 heavy (non-hydrogen) atoms. The molecular formula is C82H132O32. The van der Waals surface area contributed by atoms with Crippen LogP contribution >= 0.6 is 0 Å². The molecule has 652 valence electrons. The molecule has 6 aliphatic rings. The fourth-order valence-electron chi connectivity index (χ4n) is 15.5. The third kappa shape index (κ3) is 31.2. The Kier molecular flexibility index (Phi) is 42.3. The molecule has 6 fully saturated rings. The van der Waals surface area contributed by atoms with E-state index in [0.717, 1.165) is 164 Å². The Bertz CT molecular complexity index is 3000. The van der Waals surface area contributed by atoms with Crippen molar-refractivity contribution >= 4 is 65.7 Å². The van der Waals surface area contributed by atoms with Gasteiger partial charge in [-0.15, -0.1) is 0 Å². The van der Waals surface area contributed by atoms with Crippen LogP contribution in [0.4, 0.5) is 0 Å². The maximum absolute atomic E-state index is 15.0. The molecule has 32 nitrogen and oxygen atoms in total. The number of carbonyl (C=O) groups excluding carboxylic acids is 11. The second-order valence-corrected chi connectivity index (χ2v) is 30.9. The van der Waals surface area contributed by atoms with E-state index >= 15 is 0 Å². The molecule has 0 aromatic heterocycles. The zero-order valence-corrected chi connectivity index (χ0v) is 70.1. The maximum Gasteiger partial charge on any atom is 0.306 e. The van der Waals surface area contributed by atoms with Crippen LogP contribution in [0.2, 0.25) is 0 Å². The molecule has 32 heteroatoms. The molecule has 0 aliphatic carbocycles. The Labute approximate surface area is 671 Å². The average molecular weight is 1630 g/mol. The topological polar surface area (TPSA) is 382 Å². The summed E-state index contributed by atoms with van der Waals surface area (Å²) in [4.78, 5) is 150. The number of carbonyl (C=O) groups is 11. The first kappa shape index (κ1) is 96.6. The van der Waals surface area contributed by atoms with Crippen molar-refractivity contribution in [1.29, 1.82) is 0 Å². The van der Waals surface area contributed by atoms with Gasteiger partial charge in [0.15, 0.2) is 105 Å². The van der Waals surface area contributed by atoms with Gasteiger partial charge in [-0.3, -0.25) is 52.7 Å². The van der Waals surface area contributed by atoms with Crippen LogP contribution in [0.15, 0.2) is 0 Å². The molecule has 0 bridgehead atoms. The number of ether oxygens (including phenoxy) is 21. The van der Waals surface area contributed by atoms with Gasteiger partial charge in [0.25, 0.3) is 0 Å². The molecule has 0 unspecified atom stereocenters. The van der Waals surface area contributed by atoms with Crippen molar-refractivity contribution in [3.8, 4) is 0 Å². The van der Waals surface area contributed by atoms with E-state index < -0.39 is 225 Å². The quantitative estimate of drug-likeness (QED) is 0.0319. The summed E-state index contributed by atoms with van der Waals surface area (Å²) in [5.74, 6) is -9.31. The van der Waals surface area contributed by atoms with Crippen molar-refractivity contribution < 1.29 is 152 Å². The molecular weight excluding hydrogens is 1500 g/mol. The Morgan fingerprint density at radius 1 is 0.298 bits per heavy atom. The lowest BCUT2D eigenvalue weighted by Gasteiger charge is -2.52. The van der Waals surface area contributed by atoms with Crippen LogP contribution in [0, 0.1) is 0 Å². The summed E-state index contributed by atoms with van der Waals surface area (Å²) in [6.07, 6.45) is -19.4. The molecule has 0 radical (unpaired) electrons. The Morgan fingerprint density at radius 2 is 0.605 bits per heavy atom. The van der Waals surface area contributed by atoms with Gasteiger partial charge in [-0.25, -0.2) is 0 Å². The minimum absolute atomic E-state index is 0.00598. The van der Waals surface area contributed by atoms with Crippen molar-refractivity contribution in [2.45, 2.75) is 457 Å². The number of rotatable bonds is 36. The number of hydrogen-bond acceptors (Lipinski definition) is 32. The van der Waals surface area contributed by atoms with Gasteiger partial charge in [-0.1, -0.05) is 156 Å². The number of hydrogen-bond donors (Lipinski definition) is 0. The van der Waals surface area contributed by atoms with Crippen LogP contribution in [0.25, 0.3) is 0 Å². The predicted molar refractivity (Wildman–Crippen MR) is 401 cm³/mol. The SMILES string of the molecule is CCCCCCCCCCCC(=O)O[C@@H]1[C@@H](OC(C)=O)[C@@H](OC(C)=O)[C@H](O[C@@H]2[C@@H](O[C@@H]3O[C@@H](C)[C@H](OC(C)=O)[C@@H](OC(C)=O)[C@H]3OC(C)=O)[C@@H](OC(=O)CCCCCCC)[C@H](O[C@@H]3[C@@H](OC(C)=O)[C@H]4OC(=O)CCCCCCCCC[C@H](CCCCC)O[C@@H]5O[C@H](C)[C@H](OC(C)=O)[C@H](OC(C)=O)[C@H]5O[C@@H]4O[C@H]3C)O[C@H]2C)O[C@H]1C. The third-order valence-corrected chi connectivity index (χ3v) is 20.9. The van der Waals surface area contributed by atoms with Crippen molar-refractivity contribution in [2.24, 2.45) is 0 Å².